The summed E-state index contributed by atoms with van der Waals surface area (Å²) in [6.07, 6.45) is -0.417. The number of thiazole rings is 1. The van der Waals surface area contributed by atoms with Gasteiger partial charge in [-0.3, -0.25) is 4.90 Å². The van der Waals surface area contributed by atoms with Gasteiger partial charge in [-0.25, -0.2) is 9.78 Å². The maximum absolute atomic E-state index is 11.9. The second-order valence-electron chi connectivity index (χ2n) is 7.56. The van der Waals surface area contributed by atoms with E-state index in [0.717, 1.165) is 21.7 Å². The fourth-order valence-corrected chi connectivity index (χ4v) is 3.06. The van der Waals surface area contributed by atoms with Crippen molar-refractivity contribution in [3.8, 4) is 22.3 Å². The van der Waals surface area contributed by atoms with Crippen LogP contribution in [-0.2, 0) is 4.74 Å². The lowest BCUT2D eigenvalue weighted by atomic mass is 10.0. The molecule has 2 aromatic rings. The summed E-state index contributed by atoms with van der Waals surface area (Å²) in [5.41, 5.74) is 4.18. The summed E-state index contributed by atoms with van der Waals surface area (Å²) in [6, 6.07) is 7.94. The molecular formula is C21H27N3O2S. The summed E-state index contributed by atoms with van der Waals surface area (Å²) in [5, 5.41) is 2.86. The van der Waals surface area contributed by atoms with E-state index in [0.29, 0.717) is 6.54 Å². The smallest absolute Gasteiger partial charge is 0.408 e. The van der Waals surface area contributed by atoms with Gasteiger partial charge in [0, 0.05) is 0 Å². The molecule has 0 saturated heterocycles. The van der Waals surface area contributed by atoms with Crippen molar-refractivity contribution in [2.75, 3.05) is 20.6 Å². The fraction of sp³-hybridized carbons (Fsp3) is 0.429. The van der Waals surface area contributed by atoms with Gasteiger partial charge < -0.3 is 10.1 Å². The van der Waals surface area contributed by atoms with Gasteiger partial charge in [0.05, 0.1) is 23.0 Å². The van der Waals surface area contributed by atoms with Crippen LogP contribution in [0.3, 0.4) is 0 Å². The fourth-order valence-electron chi connectivity index (χ4n) is 2.31. The zero-order chi connectivity index (χ0) is 20.0. The van der Waals surface area contributed by atoms with Gasteiger partial charge in [-0.15, -0.1) is 11.3 Å². The molecule has 0 unspecified atom stereocenters. The number of carbonyl (C=O) groups excluding carboxylic acids is 1. The minimum Gasteiger partial charge on any atom is -0.444 e. The number of hydrogen-bond acceptors (Lipinski definition) is 5. The van der Waals surface area contributed by atoms with Gasteiger partial charge in [0.25, 0.3) is 0 Å². The quantitative estimate of drug-likeness (QED) is 0.797. The van der Waals surface area contributed by atoms with E-state index in [4.69, 9.17) is 4.74 Å². The molecule has 0 aliphatic heterocycles. The highest BCUT2D eigenvalue weighted by Crippen LogP contribution is 2.28. The molecule has 144 valence electrons. The van der Waals surface area contributed by atoms with Crippen molar-refractivity contribution >= 4 is 17.4 Å². The third-order valence-corrected chi connectivity index (χ3v) is 4.45. The maximum atomic E-state index is 11.9. The molecule has 1 aromatic heterocycles. The van der Waals surface area contributed by atoms with Gasteiger partial charge in [0.1, 0.15) is 11.3 Å². The number of hydrogen-bond donors (Lipinski definition) is 1. The van der Waals surface area contributed by atoms with Crippen molar-refractivity contribution in [1.82, 2.24) is 15.2 Å². The third kappa shape index (κ3) is 6.70. The SMILES string of the molecule is C[C@H](NC(=O)OC(C)(C)C)c1ccc(-c2scnc2C#CCN(C)C)cc1. The van der Waals surface area contributed by atoms with Crippen LogP contribution in [0, 0.1) is 11.8 Å². The summed E-state index contributed by atoms with van der Waals surface area (Å²) in [4.78, 5) is 19.4. The van der Waals surface area contributed by atoms with Crippen LogP contribution in [0.25, 0.3) is 10.4 Å². The molecule has 2 rings (SSSR count). The van der Waals surface area contributed by atoms with Crippen LogP contribution in [0.5, 0.6) is 0 Å². The van der Waals surface area contributed by atoms with E-state index < -0.39 is 11.7 Å². The lowest BCUT2D eigenvalue weighted by Crippen LogP contribution is -2.34. The first-order chi connectivity index (χ1) is 12.7. The van der Waals surface area contributed by atoms with Crippen molar-refractivity contribution in [3.05, 3.63) is 41.0 Å². The molecule has 1 atom stereocenters. The van der Waals surface area contributed by atoms with E-state index in [1.165, 1.54) is 0 Å². The molecule has 0 aliphatic rings. The molecule has 0 aliphatic carbocycles. The van der Waals surface area contributed by atoms with E-state index in [2.05, 4.69) is 22.1 Å². The molecule has 1 heterocycles. The molecule has 6 heteroatoms. The number of aromatic nitrogens is 1. The van der Waals surface area contributed by atoms with Crippen LogP contribution >= 0.6 is 11.3 Å². The number of carbonyl (C=O) groups is 1. The molecule has 27 heavy (non-hydrogen) atoms. The van der Waals surface area contributed by atoms with Gasteiger partial charge in [-0.1, -0.05) is 30.2 Å². The van der Waals surface area contributed by atoms with Crippen LogP contribution in [0.1, 0.15) is 45.0 Å². The maximum Gasteiger partial charge on any atom is 0.408 e. The van der Waals surface area contributed by atoms with E-state index >= 15 is 0 Å². The Kier molecular flexibility index (Phi) is 7.00. The first kappa shape index (κ1) is 20.9. The largest absolute Gasteiger partial charge is 0.444 e. The van der Waals surface area contributed by atoms with Crippen molar-refractivity contribution in [3.63, 3.8) is 0 Å². The second kappa shape index (κ2) is 9.03. The number of nitrogens with zero attached hydrogens (tertiary/aromatic N) is 2. The number of ether oxygens (including phenoxy) is 1. The number of alkyl carbamates (subject to hydrolysis) is 1. The van der Waals surface area contributed by atoms with Crippen LogP contribution in [0.4, 0.5) is 4.79 Å². The third-order valence-electron chi connectivity index (χ3n) is 3.58. The predicted molar refractivity (Wildman–Crippen MR) is 111 cm³/mol. The molecule has 1 amide bonds. The molecule has 0 fully saturated rings. The van der Waals surface area contributed by atoms with Crippen molar-refractivity contribution in [2.45, 2.75) is 39.3 Å². The molecule has 5 nitrogen and oxygen atoms in total. The van der Waals surface area contributed by atoms with Crippen molar-refractivity contribution in [2.24, 2.45) is 0 Å². The van der Waals surface area contributed by atoms with Gasteiger partial charge in [-0.2, -0.15) is 0 Å². The second-order valence-corrected chi connectivity index (χ2v) is 8.41. The summed E-state index contributed by atoms with van der Waals surface area (Å²) < 4.78 is 5.31. The predicted octanol–water partition coefficient (Wildman–Crippen LogP) is 4.31. The highest BCUT2D eigenvalue weighted by molar-refractivity contribution is 7.13. The number of benzene rings is 1. The minimum absolute atomic E-state index is 0.144. The topological polar surface area (TPSA) is 54.5 Å². The molecule has 1 N–H and O–H groups in total. The van der Waals surface area contributed by atoms with Gasteiger partial charge >= 0.3 is 6.09 Å². The van der Waals surface area contributed by atoms with E-state index in [1.54, 1.807) is 11.3 Å². The highest BCUT2D eigenvalue weighted by Gasteiger charge is 2.18. The Morgan fingerprint density at radius 2 is 1.96 bits per heavy atom. The Morgan fingerprint density at radius 1 is 1.30 bits per heavy atom. The number of amides is 1. The molecular weight excluding hydrogens is 358 g/mol. The lowest BCUT2D eigenvalue weighted by molar-refractivity contribution is 0.0508. The normalized spacial score (nSPS) is 12.3. The average Bonchev–Trinajstić information content (AvgIpc) is 3.01. The van der Waals surface area contributed by atoms with E-state index in [1.807, 2.05) is 76.5 Å². The first-order valence-corrected chi connectivity index (χ1v) is 9.70. The monoisotopic (exact) mass is 385 g/mol. The minimum atomic E-state index is -0.510. The number of rotatable bonds is 4. The van der Waals surface area contributed by atoms with Gasteiger partial charge in [0.2, 0.25) is 0 Å². The summed E-state index contributed by atoms with van der Waals surface area (Å²) in [5.74, 6) is 6.27. The Morgan fingerprint density at radius 3 is 2.56 bits per heavy atom. The molecule has 0 radical (unpaired) electrons. The van der Waals surface area contributed by atoms with Crippen LogP contribution in [-0.4, -0.2) is 42.2 Å². The Labute approximate surface area is 165 Å². The zero-order valence-electron chi connectivity index (χ0n) is 16.8. The van der Waals surface area contributed by atoms with Crippen molar-refractivity contribution < 1.29 is 9.53 Å². The molecule has 0 spiro atoms. The standard InChI is InChI=1S/C21H27N3O2S/c1-15(23-20(25)26-21(2,3)4)16-9-11-17(12-10-16)19-18(22-14-27-19)8-7-13-24(5)6/h9-12,14-15H,13H2,1-6H3,(H,23,25)/t15-/m0/s1. The summed E-state index contributed by atoms with van der Waals surface area (Å²) >= 11 is 1.58. The molecule has 0 saturated carbocycles. The average molecular weight is 386 g/mol. The van der Waals surface area contributed by atoms with Crippen LogP contribution < -0.4 is 5.32 Å². The summed E-state index contributed by atoms with van der Waals surface area (Å²) in [6.45, 7) is 8.17. The Balaban J connectivity index is 2.08. The lowest BCUT2D eigenvalue weighted by Gasteiger charge is -2.22. The molecule has 1 aromatic carbocycles. The van der Waals surface area contributed by atoms with E-state index in [9.17, 15) is 4.79 Å². The van der Waals surface area contributed by atoms with Crippen molar-refractivity contribution in [1.29, 1.82) is 0 Å². The van der Waals surface area contributed by atoms with Crippen LogP contribution in [0.2, 0.25) is 0 Å². The Hall–Kier alpha value is -2.36. The van der Waals surface area contributed by atoms with Gasteiger partial charge in [-0.05, 0) is 58.8 Å². The first-order valence-electron chi connectivity index (χ1n) is 8.82. The van der Waals surface area contributed by atoms with Crippen LogP contribution in [0.15, 0.2) is 29.8 Å². The summed E-state index contributed by atoms with van der Waals surface area (Å²) in [7, 11) is 3.98. The number of nitrogens with one attached hydrogen (secondary N) is 1. The Bertz CT molecular complexity index is 824. The molecule has 0 bridgehead atoms. The van der Waals surface area contributed by atoms with Gasteiger partial charge in [0.15, 0.2) is 0 Å². The zero-order valence-corrected chi connectivity index (χ0v) is 17.6. The van der Waals surface area contributed by atoms with E-state index in [-0.39, 0.29) is 6.04 Å². The highest BCUT2D eigenvalue weighted by atomic mass is 32.1.